The van der Waals surface area contributed by atoms with Crippen LogP contribution in [0.1, 0.15) is 12.0 Å². The van der Waals surface area contributed by atoms with Gasteiger partial charge in [0.25, 0.3) is 0 Å². The van der Waals surface area contributed by atoms with E-state index in [1.807, 2.05) is 6.07 Å². The van der Waals surface area contributed by atoms with Gasteiger partial charge >= 0.3 is 0 Å². The topological polar surface area (TPSA) is 54.3 Å². The predicted molar refractivity (Wildman–Crippen MR) is 51.5 cm³/mol. The summed E-state index contributed by atoms with van der Waals surface area (Å²) in [5.41, 5.74) is 1.00. The first-order valence-electron chi connectivity index (χ1n) is 4.86. The monoisotopic (exact) mass is 194 g/mol. The highest BCUT2D eigenvalue weighted by Gasteiger charge is 2.21. The zero-order valence-corrected chi connectivity index (χ0v) is 7.95. The number of nitrogens with one attached hydrogen (secondary N) is 2. The van der Waals surface area contributed by atoms with E-state index in [0.29, 0.717) is 6.54 Å². The Morgan fingerprint density at radius 2 is 2.64 bits per heavy atom. The van der Waals surface area contributed by atoms with Gasteiger partial charge in [0.05, 0.1) is 18.4 Å². The van der Waals surface area contributed by atoms with Gasteiger partial charge < -0.3 is 15.1 Å². The largest absolute Gasteiger partial charge is 0.472 e. The highest BCUT2D eigenvalue weighted by molar-refractivity contribution is 5.79. The van der Waals surface area contributed by atoms with E-state index in [-0.39, 0.29) is 11.8 Å². The number of furan rings is 1. The molecule has 2 heterocycles. The Hall–Kier alpha value is -1.29. The van der Waals surface area contributed by atoms with E-state index in [4.69, 9.17) is 4.42 Å². The van der Waals surface area contributed by atoms with Gasteiger partial charge in [0.15, 0.2) is 0 Å². The minimum Gasteiger partial charge on any atom is -0.472 e. The highest BCUT2D eigenvalue weighted by Crippen LogP contribution is 2.07. The molecular formula is C10H14N2O2. The minimum atomic E-state index is 0.135. The van der Waals surface area contributed by atoms with Crippen molar-refractivity contribution in [1.82, 2.24) is 10.6 Å². The summed E-state index contributed by atoms with van der Waals surface area (Å²) in [6.45, 7) is 2.31. The molecule has 0 saturated carbocycles. The van der Waals surface area contributed by atoms with E-state index in [9.17, 15) is 4.79 Å². The normalized spacial score (nSPS) is 21.0. The van der Waals surface area contributed by atoms with Gasteiger partial charge in [-0.1, -0.05) is 0 Å². The van der Waals surface area contributed by atoms with Crippen LogP contribution in [0.25, 0.3) is 0 Å². The van der Waals surface area contributed by atoms with Gasteiger partial charge in [-0.15, -0.1) is 0 Å². The van der Waals surface area contributed by atoms with Gasteiger partial charge in [-0.05, 0) is 19.0 Å². The van der Waals surface area contributed by atoms with Crippen LogP contribution in [0.3, 0.4) is 0 Å². The molecule has 0 bridgehead atoms. The van der Waals surface area contributed by atoms with E-state index < -0.39 is 0 Å². The van der Waals surface area contributed by atoms with Crippen LogP contribution in [0.2, 0.25) is 0 Å². The lowest BCUT2D eigenvalue weighted by Gasteiger charge is -2.08. The van der Waals surface area contributed by atoms with Gasteiger partial charge in [-0.3, -0.25) is 4.79 Å². The van der Waals surface area contributed by atoms with Crippen LogP contribution in [0, 0.1) is 5.92 Å². The van der Waals surface area contributed by atoms with Crippen LogP contribution in [-0.2, 0) is 11.3 Å². The second kappa shape index (κ2) is 4.28. The van der Waals surface area contributed by atoms with Crippen molar-refractivity contribution in [2.75, 3.05) is 13.1 Å². The summed E-state index contributed by atoms with van der Waals surface area (Å²) in [4.78, 5) is 11.6. The highest BCUT2D eigenvalue weighted by atomic mass is 16.3. The summed E-state index contributed by atoms with van der Waals surface area (Å²) in [6.07, 6.45) is 4.20. The van der Waals surface area contributed by atoms with Crippen molar-refractivity contribution in [1.29, 1.82) is 0 Å². The van der Waals surface area contributed by atoms with Gasteiger partial charge in [-0.2, -0.15) is 0 Å². The van der Waals surface area contributed by atoms with Gasteiger partial charge in [0.2, 0.25) is 5.91 Å². The Morgan fingerprint density at radius 1 is 1.71 bits per heavy atom. The van der Waals surface area contributed by atoms with Crippen LogP contribution in [0.15, 0.2) is 23.0 Å². The summed E-state index contributed by atoms with van der Waals surface area (Å²) in [6, 6.07) is 1.85. The third kappa shape index (κ3) is 2.14. The van der Waals surface area contributed by atoms with E-state index in [1.54, 1.807) is 12.5 Å². The maximum Gasteiger partial charge on any atom is 0.224 e. The molecular weight excluding hydrogens is 180 g/mol. The quantitative estimate of drug-likeness (QED) is 0.737. The average Bonchev–Trinajstić information content (AvgIpc) is 2.87. The Balaban J connectivity index is 1.77. The SMILES string of the molecule is O=C(NCc1ccoc1)C1CCNC1. The molecule has 1 fully saturated rings. The summed E-state index contributed by atoms with van der Waals surface area (Å²) >= 11 is 0. The molecule has 1 aliphatic rings. The summed E-state index contributed by atoms with van der Waals surface area (Å²) in [5.74, 6) is 0.276. The van der Waals surface area contributed by atoms with Crippen molar-refractivity contribution in [2.45, 2.75) is 13.0 Å². The second-order valence-electron chi connectivity index (χ2n) is 3.54. The standard InChI is InChI=1S/C10H14N2O2/c13-10(9-1-3-11-6-9)12-5-8-2-4-14-7-8/h2,4,7,9,11H,1,3,5-6H2,(H,12,13). The van der Waals surface area contributed by atoms with E-state index in [1.165, 1.54) is 0 Å². The Bertz CT molecular complexity index is 289. The molecule has 4 nitrogen and oxygen atoms in total. The summed E-state index contributed by atoms with van der Waals surface area (Å²) < 4.78 is 4.91. The lowest BCUT2D eigenvalue weighted by molar-refractivity contribution is -0.124. The number of rotatable bonds is 3. The van der Waals surface area contributed by atoms with Crippen molar-refractivity contribution in [3.63, 3.8) is 0 Å². The molecule has 1 unspecified atom stereocenters. The molecule has 2 rings (SSSR count). The third-order valence-electron chi connectivity index (χ3n) is 2.48. The van der Waals surface area contributed by atoms with Crippen molar-refractivity contribution in [2.24, 2.45) is 5.92 Å². The minimum absolute atomic E-state index is 0.135. The fourth-order valence-corrected chi connectivity index (χ4v) is 1.61. The number of hydrogen-bond donors (Lipinski definition) is 2. The molecule has 0 radical (unpaired) electrons. The van der Waals surface area contributed by atoms with Crippen LogP contribution in [0.4, 0.5) is 0 Å². The molecule has 1 aliphatic heterocycles. The number of carbonyl (C=O) groups is 1. The van der Waals surface area contributed by atoms with E-state index in [2.05, 4.69) is 10.6 Å². The molecule has 4 heteroatoms. The molecule has 1 amide bonds. The Morgan fingerprint density at radius 3 is 3.29 bits per heavy atom. The van der Waals surface area contributed by atoms with Crippen LogP contribution in [-0.4, -0.2) is 19.0 Å². The van der Waals surface area contributed by atoms with E-state index >= 15 is 0 Å². The Kier molecular flexibility index (Phi) is 2.84. The fraction of sp³-hybridized carbons (Fsp3) is 0.500. The van der Waals surface area contributed by atoms with E-state index in [0.717, 1.165) is 25.1 Å². The summed E-state index contributed by atoms with van der Waals surface area (Å²) in [7, 11) is 0. The Labute approximate surface area is 82.7 Å². The predicted octanol–water partition coefficient (Wildman–Crippen LogP) is 0.505. The maximum atomic E-state index is 11.6. The number of carbonyl (C=O) groups excluding carboxylic acids is 1. The first-order chi connectivity index (χ1) is 6.86. The molecule has 0 spiro atoms. The first kappa shape index (κ1) is 9.27. The van der Waals surface area contributed by atoms with Crippen molar-refractivity contribution in [3.8, 4) is 0 Å². The van der Waals surface area contributed by atoms with Crippen molar-refractivity contribution in [3.05, 3.63) is 24.2 Å². The molecule has 1 aromatic heterocycles. The zero-order chi connectivity index (χ0) is 9.80. The second-order valence-corrected chi connectivity index (χ2v) is 3.54. The van der Waals surface area contributed by atoms with Gasteiger partial charge in [0.1, 0.15) is 0 Å². The molecule has 1 atom stereocenters. The number of hydrogen-bond acceptors (Lipinski definition) is 3. The lowest BCUT2D eigenvalue weighted by Crippen LogP contribution is -2.31. The third-order valence-corrected chi connectivity index (χ3v) is 2.48. The molecule has 0 aromatic carbocycles. The molecule has 1 aromatic rings. The summed E-state index contributed by atoms with van der Waals surface area (Å²) in [5, 5.41) is 6.06. The lowest BCUT2D eigenvalue weighted by atomic mass is 10.1. The van der Waals surface area contributed by atoms with Crippen molar-refractivity contribution < 1.29 is 9.21 Å². The van der Waals surface area contributed by atoms with Gasteiger partial charge in [-0.25, -0.2) is 0 Å². The van der Waals surface area contributed by atoms with Crippen LogP contribution in [0.5, 0.6) is 0 Å². The molecule has 0 aliphatic carbocycles. The van der Waals surface area contributed by atoms with Gasteiger partial charge in [0, 0.05) is 18.7 Å². The smallest absolute Gasteiger partial charge is 0.224 e. The molecule has 14 heavy (non-hydrogen) atoms. The molecule has 2 N–H and O–H groups in total. The molecule has 76 valence electrons. The zero-order valence-electron chi connectivity index (χ0n) is 7.95. The fourth-order valence-electron chi connectivity index (χ4n) is 1.61. The number of amides is 1. The first-order valence-corrected chi connectivity index (χ1v) is 4.86. The average molecular weight is 194 g/mol. The maximum absolute atomic E-state index is 11.6. The van der Waals surface area contributed by atoms with Crippen LogP contribution >= 0.6 is 0 Å². The van der Waals surface area contributed by atoms with Crippen LogP contribution < -0.4 is 10.6 Å². The molecule has 1 saturated heterocycles. The van der Waals surface area contributed by atoms with Crippen molar-refractivity contribution >= 4 is 5.91 Å².